The fourth-order valence-corrected chi connectivity index (χ4v) is 2.09. The summed E-state index contributed by atoms with van der Waals surface area (Å²) in [5, 5.41) is 0. The van der Waals surface area contributed by atoms with Crippen LogP contribution in [-0.2, 0) is 14.3 Å². The van der Waals surface area contributed by atoms with Gasteiger partial charge in [0.25, 0.3) is 0 Å². The van der Waals surface area contributed by atoms with Gasteiger partial charge in [0.15, 0.2) is 0 Å². The fraction of sp³-hybridized carbons (Fsp3) is 0.500. The van der Waals surface area contributed by atoms with Crippen LogP contribution in [-0.4, -0.2) is 45.5 Å². The molecule has 0 aliphatic carbocycles. The molecule has 0 amide bonds. The van der Waals surface area contributed by atoms with E-state index in [1.54, 1.807) is 6.07 Å². The highest BCUT2D eigenvalue weighted by Crippen LogP contribution is 2.36. The molecule has 0 fully saturated rings. The number of rotatable bonds is 6. The highest BCUT2D eigenvalue weighted by molar-refractivity contribution is 5.82. The molecule has 6 nitrogen and oxygen atoms in total. The molecule has 0 saturated carbocycles. The number of hydrogen-bond acceptors (Lipinski definition) is 6. The zero-order valence-electron chi connectivity index (χ0n) is 11.6. The fourth-order valence-electron chi connectivity index (χ4n) is 2.09. The molecular formula is C14H20N2O4. The SMILES string of the molecule is CCOCCOC(=O)CN1CCOc2cccc(N)c21. The van der Waals surface area contributed by atoms with Crippen LogP contribution in [0.15, 0.2) is 18.2 Å². The van der Waals surface area contributed by atoms with Gasteiger partial charge in [0.2, 0.25) is 0 Å². The number of para-hydroxylation sites is 1. The van der Waals surface area contributed by atoms with Crippen molar-refractivity contribution in [3.63, 3.8) is 0 Å². The number of nitrogens with two attached hydrogens (primary N) is 1. The van der Waals surface area contributed by atoms with Gasteiger partial charge in [0.1, 0.15) is 31.2 Å². The molecule has 0 spiro atoms. The zero-order chi connectivity index (χ0) is 14.4. The molecule has 1 aromatic carbocycles. The van der Waals surface area contributed by atoms with Crippen LogP contribution in [0.4, 0.5) is 11.4 Å². The first-order valence-electron chi connectivity index (χ1n) is 6.72. The molecular weight excluding hydrogens is 260 g/mol. The van der Waals surface area contributed by atoms with Crippen LogP contribution < -0.4 is 15.4 Å². The maximum Gasteiger partial charge on any atom is 0.325 e. The number of carbonyl (C=O) groups is 1. The third-order valence-corrected chi connectivity index (χ3v) is 2.98. The lowest BCUT2D eigenvalue weighted by Gasteiger charge is -2.31. The molecule has 0 bridgehead atoms. The minimum absolute atomic E-state index is 0.163. The number of ether oxygens (including phenoxy) is 3. The lowest BCUT2D eigenvalue weighted by atomic mass is 10.2. The number of hydrogen-bond donors (Lipinski definition) is 1. The Morgan fingerprint density at radius 1 is 1.45 bits per heavy atom. The van der Waals surface area contributed by atoms with Crippen LogP contribution in [0, 0.1) is 0 Å². The van der Waals surface area contributed by atoms with Gasteiger partial charge in [-0.25, -0.2) is 0 Å². The third kappa shape index (κ3) is 3.54. The van der Waals surface area contributed by atoms with Crippen molar-refractivity contribution in [2.45, 2.75) is 6.92 Å². The smallest absolute Gasteiger partial charge is 0.325 e. The van der Waals surface area contributed by atoms with E-state index >= 15 is 0 Å². The lowest BCUT2D eigenvalue weighted by Crippen LogP contribution is -2.38. The molecule has 110 valence electrons. The van der Waals surface area contributed by atoms with E-state index in [2.05, 4.69) is 0 Å². The van der Waals surface area contributed by atoms with E-state index in [1.807, 2.05) is 24.0 Å². The maximum absolute atomic E-state index is 11.8. The number of esters is 1. The Bertz CT molecular complexity index is 464. The Hall–Kier alpha value is -1.95. The topological polar surface area (TPSA) is 74.0 Å². The largest absolute Gasteiger partial charge is 0.489 e. The van der Waals surface area contributed by atoms with E-state index in [-0.39, 0.29) is 19.1 Å². The van der Waals surface area contributed by atoms with Crippen LogP contribution in [0.25, 0.3) is 0 Å². The van der Waals surface area contributed by atoms with Crippen molar-refractivity contribution in [3.05, 3.63) is 18.2 Å². The average Bonchev–Trinajstić information content (AvgIpc) is 2.44. The summed E-state index contributed by atoms with van der Waals surface area (Å²) >= 11 is 0. The summed E-state index contributed by atoms with van der Waals surface area (Å²) in [7, 11) is 0. The van der Waals surface area contributed by atoms with Crippen molar-refractivity contribution in [2.75, 3.05) is 50.2 Å². The van der Waals surface area contributed by atoms with Crippen molar-refractivity contribution < 1.29 is 19.0 Å². The van der Waals surface area contributed by atoms with Crippen LogP contribution >= 0.6 is 0 Å². The summed E-state index contributed by atoms with van der Waals surface area (Å²) in [6.07, 6.45) is 0. The summed E-state index contributed by atoms with van der Waals surface area (Å²) in [6, 6.07) is 5.47. The second-order valence-electron chi connectivity index (χ2n) is 4.38. The van der Waals surface area contributed by atoms with Crippen molar-refractivity contribution in [1.29, 1.82) is 0 Å². The van der Waals surface area contributed by atoms with Gasteiger partial charge >= 0.3 is 5.97 Å². The molecule has 0 saturated heterocycles. The average molecular weight is 280 g/mol. The van der Waals surface area contributed by atoms with Crippen molar-refractivity contribution in [3.8, 4) is 5.75 Å². The van der Waals surface area contributed by atoms with Gasteiger partial charge in [-0.2, -0.15) is 0 Å². The lowest BCUT2D eigenvalue weighted by molar-refractivity contribution is -0.143. The Kier molecular flexibility index (Phi) is 5.06. The van der Waals surface area contributed by atoms with Gasteiger partial charge in [0, 0.05) is 6.61 Å². The molecule has 1 aromatic rings. The molecule has 0 radical (unpaired) electrons. The van der Waals surface area contributed by atoms with E-state index in [9.17, 15) is 4.79 Å². The van der Waals surface area contributed by atoms with E-state index in [4.69, 9.17) is 19.9 Å². The first kappa shape index (κ1) is 14.5. The molecule has 6 heteroatoms. The number of carbonyl (C=O) groups excluding carboxylic acids is 1. The van der Waals surface area contributed by atoms with Gasteiger partial charge in [-0.15, -0.1) is 0 Å². The van der Waals surface area contributed by atoms with Crippen LogP contribution in [0.5, 0.6) is 5.75 Å². The highest BCUT2D eigenvalue weighted by Gasteiger charge is 2.22. The first-order valence-corrected chi connectivity index (χ1v) is 6.72. The Morgan fingerprint density at radius 3 is 3.10 bits per heavy atom. The molecule has 0 atom stereocenters. The van der Waals surface area contributed by atoms with Gasteiger partial charge in [-0.1, -0.05) is 6.07 Å². The highest BCUT2D eigenvalue weighted by atomic mass is 16.6. The second-order valence-corrected chi connectivity index (χ2v) is 4.38. The zero-order valence-corrected chi connectivity index (χ0v) is 11.6. The molecule has 0 aromatic heterocycles. The maximum atomic E-state index is 11.8. The number of fused-ring (bicyclic) bond motifs is 1. The molecule has 1 aliphatic rings. The molecule has 1 heterocycles. The third-order valence-electron chi connectivity index (χ3n) is 2.98. The van der Waals surface area contributed by atoms with Crippen molar-refractivity contribution >= 4 is 17.3 Å². The van der Waals surface area contributed by atoms with E-state index in [1.165, 1.54) is 0 Å². The van der Waals surface area contributed by atoms with E-state index in [0.717, 1.165) is 5.69 Å². The molecule has 2 N–H and O–H groups in total. The van der Waals surface area contributed by atoms with Crippen LogP contribution in [0.1, 0.15) is 6.92 Å². The summed E-state index contributed by atoms with van der Waals surface area (Å²) in [4.78, 5) is 13.7. The summed E-state index contributed by atoms with van der Waals surface area (Å²) in [5.74, 6) is 0.416. The van der Waals surface area contributed by atoms with Gasteiger partial charge < -0.3 is 24.8 Å². The van der Waals surface area contributed by atoms with E-state index in [0.29, 0.717) is 37.8 Å². The van der Waals surface area contributed by atoms with Crippen LogP contribution in [0.3, 0.4) is 0 Å². The second kappa shape index (κ2) is 7.00. The Labute approximate surface area is 118 Å². The monoisotopic (exact) mass is 280 g/mol. The van der Waals surface area contributed by atoms with Gasteiger partial charge in [-0.3, -0.25) is 4.79 Å². The molecule has 20 heavy (non-hydrogen) atoms. The predicted octanol–water partition coefficient (Wildman–Crippen LogP) is 1.05. The summed E-state index contributed by atoms with van der Waals surface area (Å²) in [5.41, 5.74) is 7.32. The molecule has 1 aliphatic heterocycles. The first-order chi connectivity index (χ1) is 9.72. The standard InChI is InChI=1S/C14H20N2O4/c1-2-18-8-9-20-13(17)10-16-6-7-19-12-5-3-4-11(15)14(12)16/h3-5H,2,6-10,15H2,1H3. The minimum atomic E-state index is -0.291. The van der Waals surface area contributed by atoms with Gasteiger partial charge in [-0.05, 0) is 19.1 Å². The Morgan fingerprint density at radius 2 is 2.30 bits per heavy atom. The minimum Gasteiger partial charge on any atom is -0.489 e. The summed E-state index contributed by atoms with van der Waals surface area (Å²) in [6.45, 7) is 4.51. The molecule has 2 rings (SSSR count). The van der Waals surface area contributed by atoms with Crippen molar-refractivity contribution in [2.24, 2.45) is 0 Å². The van der Waals surface area contributed by atoms with Crippen LogP contribution in [0.2, 0.25) is 0 Å². The number of nitrogen functional groups attached to an aromatic ring is 1. The number of benzene rings is 1. The van der Waals surface area contributed by atoms with Crippen molar-refractivity contribution in [1.82, 2.24) is 0 Å². The predicted molar refractivity (Wildman–Crippen MR) is 76.0 cm³/mol. The molecule has 0 unspecified atom stereocenters. The quantitative estimate of drug-likeness (QED) is 0.477. The Balaban J connectivity index is 1.93. The van der Waals surface area contributed by atoms with E-state index < -0.39 is 0 Å². The number of nitrogens with zero attached hydrogens (tertiary/aromatic N) is 1. The van der Waals surface area contributed by atoms with Gasteiger partial charge in [0.05, 0.1) is 18.8 Å². The normalized spacial score (nSPS) is 13.6. The summed E-state index contributed by atoms with van der Waals surface area (Å²) < 4.78 is 15.8. The number of anilines is 2.